The molecule has 2 rings (SSSR count). The summed E-state index contributed by atoms with van der Waals surface area (Å²) in [4.78, 5) is 2.13. The Morgan fingerprint density at radius 3 is 2.17 bits per heavy atom. The number of ether oxygens (including phenoxy) is 1. The molecular weight excluding hydrogens is 348 g/mol. The second-order valence-electron chi connectivity index (χ2n) is 5.62. The molecule has 0 N–H and O–H groups in total. The summed E-state index contributed by atoms with van der Waals surface area (Å²) in [5.74, 6) is 0.442. The van der Waals surface area contributed by atoms with E-state index in [1.807, 2.05) is 43.3 Å². The van der Waals surface area contributed by atoms with Crippen molar-refractivity contribution in [2.75, 3.05) is 33.2 Å². The van der Waals surface area contributed by atoms with Crippen LogP contribution in [0.1, 0.15) is 5.56 Å². The van der Waals surface area contributed by atoms with E-state index in [0.29, 0.717) is 5.75 Å². The maximum atomic E-state index is 12.7. The number of hydrogen-bond acceptors (Lipinski definition) is 4. The lowest BCUT2D eigenvalue weighted by Crippen LogP contribution is -2.26. The molecule has 0 aromatic heterocycles. The highest BCUT2D eigenvalue weighted by Gasteiger charge is 2.22. The van der Waals surface area contributed by atoms with Gasteiger partial charge in [-0.05, 0) is 35.9 Å². The lowest BCUT2D eigenvalue weighted by Gasteiger charge is -2.19. The number of sulfonamides is 1. The molecule has 130 valence electrons. The van der Waals surface area contributed by atoms with Gasteiger partial charge < -0.3 is 9.64 Å². The van der Waals surface area contributed by atoms with Gasteiger partial charge in [0.05, 0.1) is 17.0 Å². The molecule has 7 heteroatoms. The minimum Gasteiger partial charge on any atom is -0.495 e. The van der Waals surface area contributed by atoms with Crippen LogP contribution in [0.15, 0.2) is 47.4 Å². The lowest BCUT2D eigenvalue weighted by atomic mass is 10.2. The summed E-state index contributed by atoms with van der Waals surface area (Å²) in [6.07, 6.45) is 0. The van der Waals surface area contributed by atoms with E-state index in [0.717, 1.165) is 11.3 Å². The lowest BCUT2D eigenvalue weighted by molar-refractivity contribution is 0.414. The average molecular weight is 369 g/mol. The molecule has 2 aromatic carbocycles. The number of hydrogen-bond donors (Lipinski definition) is 0. The van der Waals surface area contributed by atoms with Crippen molar-refractivity contribution in [2.45, 2.75) is 11.4 Å². The molecule has 0 aliphatic heterocycles. The van der Waals surface area contributed by atoms with Crippen LogP contribution in [0.4, 0.5) is 5.69 Å². The predicted molar refractivity (Wildman–Crippen MR) is 97.4 cm³/mol. The molecule has 0 saturated heterocycles. The smallest absolute Gasteiger partial charge is 0.243 e. The van der Waals surface area contributed by atoms with E-state index in [4.69, 9.17) is 16.3 Å². The Balaban J connectivity index is 2.21. The number of rotatable bonds is 6. The number of halogens is 1. The van der Waals surface area contributed by atoms with E-state index < -0.39 is 10.0 Å². The van der Waals surface area contributed by atoms with Gasteiger partial charge in [-0.2, -0.15) is 4.31 Å². The molecule has 0 aliphatic carbocycles. The maximum Gasteiger partial charge on any atom is 0.243 e. The molecule has 0 saturated carbocycles. The van der Waals surface area contributed by atoms with Gasteiger partial charge in [0, 0.05) is 33.4 Å². The summed E-state index contributed by atoms with van der Waals surface area (Å²) in [7, 11) is 3.32. The molecule has 0 unspecified atom stereocenters. The molecule has 0 radical (unpaired) electrons. The van der Waals surface area contributed by atoms with Crippen LogP contribution in [-0.4, -0.2) is 41.0 Å². The molecule has 0 bridgehead atoms. The molecule has 2 aromatic rings. The fraction of sp³-hybridized carbons (Fsp3) is 0.294. The summed E-state index contributed by atoms with van der Waals surface area (Å²) in [6, 6.07) is 12.2. The Morgan fingerprint density at radius 1 is 1.04 bits per heavy atom. The molecule has 0 fully saturated rings. The molecule has 0 spiro atoms. The van der Waals surface area contributed by atoms with Gasteiger partial charge in [-0.25, -0.2) is 8.42 Å². The highest BCUT2D eigenvalue weighted by molar-refractivity contribution is 7.89. The third-order valence-electron chi connectivity index (χ3n) is 3.69. The maximum absolute atomic E-state index is 12.7. The average Bonchev–Trinajstić information content (AvgIpc) is 2.55. The molecule has 5 nitrogen and oxygen atoms in total. The first-order valence-corrected chi connectivity index (χ1v) is 9.13. The Hall–Kier alpha value is -1.76. The van der Waals surface area contributed by atoms with Crippen molar-refractivity contribution in [3.05, 3.63) is 53.1 Å². The first-order valence-electron chi connectivity index (χ1n) is 7.32. The van der Waals surface area contributed by atoms with Crippen LogP contribution in [0.25, 0.3) is 0 Å². The second-order valence-corrected chi connectivity index (χ2v) is 8.07. The van der Waals surface area contributed by atoms with Gasteiger partial charge in [0.25, 0.3) is 0 Å². The van der Waals surface area contributed by atoms with Gasteiger partial charge in [-0.1, -0.05) is 23.7 Å². The van der Waals surface area contributed by atoms with Crippen LogP contribution in [-0.2, 0) is 16.6 Å². The van der Waals surface area contributed by atoms with Gasteiger partial charge in [-0.3, -0.25) is 0 Å². The third kappa shape index (κ3) is 4.01. The monoisotopic (exact) mass is 368 g/mol. The number of nitrogens with zero attached hydrogens (tertiary/aromatic N) is 2. The first kappa shape index (κ1) is 18.6. The van der Waals surface area contributed by atoms with Gasteiger partial charge in [0.1, 0.15) is 5.75 Å². The number of methoxy groups -OCH3 is 1. The Kier molecular flexibility index (Phi) is 5.74. The predicted octanol–water partition coefficient (Wildman–Crippen LogP) is 3.24. The summed E-state index contributed by atoms with van der Waals surface area (Å²) >= 11 is 6.03. The topological polar surface area (TPSA) is 49.9 Å². The largest absolute Gasteiger partial charge is 0.495 e. The zero-order chi connectivity index (χ0) is 17.9. The van der Waals surface area contributed by atoms with Gasteiger partial charge in [-0.15, -0.1) is 0 Å². The van der Waals surface area contributed by atoms with E-state index in [2.05, 4.69) is 0 Å². The Morgan fingerprint density at radius 2 is 1.67 bits per heavy atom. The number of anilines is 1. The van der Waals surface area contributed by atoms with Crippen LogP contribution < -0.4 is 9.64 Å². The van der Waals surface area contributed by atoms with Crippen molar-refractivity contribution in [3.63, 3.8) is 0 Å². The minimum absolute atomic E-state index is 0.140. The van der Waals surface area contributed by atoms with Crippen LogP contribution in [0.2, 0.25) is 5.02 Å². The van der Waals surface area contributed by atoms with Crippen molar-refractivity contribution in [1.29, 1.82) is 0 Å². The minimum atomic E-state index is -3.63. The van der Waals surface area contributed by atoms with Crippen molar-refractivity contribution in [2.24, 2.45) is 0 Å². The Labute approximate surface area is 148 Å². The normalized spacial score (nSPS) is 11.6. The molecular formula is C17H21ClN2O3S. The molecule has 24 heavy (non-hydrogen) atoms. The van der Waals surface area contributed by atoms with Crippen LogP contribution in [0.3, 0.4) is 0 Å². The first-order chi connectivity index (χ1) is 11.3. The van der Waals surface area contributed by atoms with Crippen LogP contribution in [0, 0.1) is 0 Å². The SMILES string of the molecule is COc1ccc(S(=O)(=O)N(C)Cc2ccc(N(C)C)cc2)cc1Cl. The molecule has 0 heterocycles. The highest BCUT2D eigenvalue weighted by Crippen LogP contribution is 2.28. The zero-order valence-electron chi connectivity index (χ0n) is 14.2. The van der Waals surface area contributed by atoms with E-state index in [9.17, 15) is 8.42 Å². The standard InChI is InChI=1S/C17H21ClN2O3S/c1-19(2)14-7-5-13(6-8-14)12-20(3)24(21,22)15-9-10-17(23-4)16(18)11-15/h5-11H,12H2,1-4H3. The fourth-order valence-electron chi connectivity index (χ4n) is 2.23. The van der Waals surface area contributed by atoms with Gasteiger partial charge in [0.2, 0.25) is 10.0 Å². The van der Waals surface area contributed by atoms with E-state index in [1.165, 1.54) is 23.5 Å². The van der Waals surface area contributed by atoms with Crippen molar-refractivity contribution in [1.82, 2.24) is 4.31 Å². The second kappa shape index (κ2) is 7.42. The third-order valence-corrected chi connectivity index (χ3v) is 5.78. The van der Waals surface area contributed by atoms with Gasteiger partial charge >= 0.3 is 0 Å². The summed E-state index contributed by atoms with van der Waals surface area (Å²) in [5.41, 5.74) is 1.97. The summed E-state index contributed by atoms with van der Waals surface area (Å²) in [6.45, 7) is 0.277. The quantitative estimate of drug-likeness (QED) is 0.785. The van der Waals surface area contributed by atoms with Crippen molar-refractivity contribution >= 4 is 27.3 Å². The van der Waals surface area contributed by atoms with Crippen molar-refractivity contribution < 1.29 is 13.2 Å². The fourth-order valence-corrected chi connectivity index (χ4v) is 3.74. The molecule has 0 amide bonds. The van der Waals surface area contributed by atoms with E-state index >= 15 is 0 Å². The molecule has 0 atom stereocenters. The summed E-state index contributed by atoms with van der Waals surface area (Å²) in [5, 5.41) is 0.266. The van der Waals surface area contributed by atoms with E-state index in [-0.39, 0.29) is 16.5 Å². The van der Waals surface area contributed by atoms with Crippen molar-refractivity contribution in [3.8, 4) is 5.75 Å². The van der Waals surface area contributed by atoms with Crippen LogP contribution in [0.5, 0.6) is 5.75 Å². The zero-order valence-corrected chi connectivity index (χ0v) is 15.7. The van der Waals surface area contributed by atoms with Gasteiger partial charge in [0.15, 0.2) is 0 Å². The van der Waals surface area contributed by atoms with Crippen LogP contribution >= 0.6 is 11.6 Å². The number of benzene rings is 2. The van der Waals surface area contributed by atoms with E-state index in [1.54, 1.807) is 13.1 Å². The molecule has 0 aliphatic rings. The summed E-state index contributed by atoms with van der Waals surface area (Å²) < 4.78 is 31.7. The highest BCUT2D eigenvalue weighted by atomic mass is 35.5. The Bertz CT molecular complexity index is 805.